The fourth-order valence-electron chi connectivity index (χ4n) is 3.11. The maximum absolute atomic E-state index is 11.9. The van der Waals surface area contributed by atoms with E-state index in [1.165, 1.54) is 29.2 Å². The number of thioether (sulfide) groups is 1. The highest BCUT2D eigenvalue weighted by Crippen LogP contribution is 2.42. The molecule has 0 saturated carbocycles. The van der Waals surface area contributed by atoms with Crippen molar-refractivity contribution in [2.45, 2.75) is 17.9 Å². The van der Waals surface area contributed by atoms with Crippen molar-refractivity contribution in [3.8, 4) is 10.8 Å². The summed E-state index contributed by atoms with van der Waals surface area (Å²) in [7, 11) is 0. The number of nitrogens with zero attached hydrogens (tertiary/aromatic N) is 2. The highest BCUT2D eigenvalue weighted by atomic mass is 35.5. The molecule has 8 heteroatoms. The third-order valence-electron chi connectivity index (χ3n) is 4.47. The second-order valence-corrected chi connectivity index (χ2v) is 8.85. The quantitative estimate of drug-likeness (QED) is 0.241. The van der Waals surface area contributed by atoms with Crippen LogP contribution in [0.1, 0.15) is 11.1 Å². The van der Waals surface area contributed by atoms with E-state index in [9.17, 15) is 4.79 Å². The first-order valence-corrected chi connectivity index (χ1v) is 10.9. The van der Waals surface area contributed by atoms with Crippen LogP contribution in [0, 0.1) is 6.92 Å². The van der Waals surface area contributed by atoms with E-state index in [-0.39, 0.29) is 5.63 Å². The molecule has 0 unspecified atom stereocenters. The topological polar surface area (TPSA) is 69.1 Å². The first-order valence-electron chi connectivity index (χ1n) is 8.75. The number of aromatic nitrogens is 2. The summed E-state index contributed by atoms with van der Waals surface area (Å²) in [5.41, 5.74) is 2.10. The van der Waals surface area contributed by atoms with Crippen LogP contribution in [-0.4, -0.2) is 10.2 Å². The van der Waals surface area contributed by atoms with Crippen LogP contribution < -0.4 is 5.63 Å². The number of benzene rings is 2. The Morgan fingerprint density at radius 1 is 1.07 bits per heavy atom. The van der Waals surface area contributed by atoms with Crippen molar-refractivity contribution in [1.29, 1.82) is 0 Å². The molecule has 5 aromatic rings. The molecule has 29 heavy (non-hydrogen) atoms. The smallest absolute Gasteiger partial charge is 0.336 e. The molecule has 3 aromatic heterocycles. The molecule has 3 heterocycles. The molecule has 0 amide bonds. The van der Waals surface area contributed by atoms with Crippen LogP contribution in [-0.2, 0) is 5.75 Å². The second-order valence-electron chi connectivity index (χ2n) is 6.49. The van der Waals surface area contributed by atoms with Gasteiger partial charge in [-0.25, -0.2) is 4.79 Å². The number of halogens is 1. The second kappa shape index (κ2) is 7.33. The SMILES string of the molecule is Cc1ccc2c(CSc3nnc(-c4sc5ccccc5c4Cl)o3)cc(=O)oc2c1. The summed E-state index contributed by atoms with van der Waals surface area (Å²) in [5, 5.41) is 11.2. The van der Waals surface area contributed by atoms with Gasteiger partial charge in [-0.15, -0.1) is 21.5 Å². The molecule has 144 valence electrons. The van der Waals surface area contributed by atoms with Gasteiger partial charge in [0.15, 0.2) is 0 Å². The number of aryl methyl sites for hydroxylation is 1. The molecule has 0 N–H and O–H groups in total. The summed E-state index contributed by atoms with van der Waals surface area (Å²) in [4.78, 5) is 12.7. The van der Waals surface area contributed by atoms with Crippen molar-refractivity contribution in [2.75, 3.05) is 0 Å². The largest absolute Gasteiger partial charge is 0.423 e. The summed E-state index contributed by atoms with van der Waals surface area (Å²) >= 11 is 9.39. The third-order valence-corrected chi connectivity index (χ3v) is 7.00. The van der Waals surface area contributed by atoms with E-state index in [1.54, 1.807) is 0 Å². The molecule has 0 aliphatic carbocycles. The Morgan fingerprint density at radius 3 is 2.79 bits per heavy atom. The van der Waals surface area contributed by atoms with Gasteiger partial charge in [0.25, 0.3) is 11.1 Å². The maximum atomic E-state index is 11.9. The van der Waals surface area contributed by atoms with E-state index in [0.717, 1.165) is 31.5 Å². The highest BCUT2D eigenvalue weighted by molar-refractivity contribution is 7.98. The lowest BCUT2D eigenvalue weighted by Gasteiger charge is -2.04. The number of hydrogen-bond donors (Lipinski definition) is 0. The van der Waals surface area contributed by atoms with Gasteiger partial charge in [0.2, 0.25) is 0 Å². The average molecular weight is 441 g/mol. The molecular formula is C21H13ClN2O3S2. The predicted octanol–water partition coefficient (Wildman–Crippen LogP) is 6.31. The molecule has 0 spiro atoms. The van der Waals surface area contributed by atoms with Crippen LogP contribution in [0.5, 0.6) is 0 Å². The van der Waals surface area contributed by atoms with Crippen LogP contribution >= 0.6 is 34.7 Å². The van der Waals surface area contributed by atoms with Crippen molar-refractivity contribution >= 4 is 55.8 Å². The lowest BCUT2D eigenvalue weighted by Crippen LogP contribution is -2.00. The predicted molar refractivity (Wildman–Crippen MR) is 117 cm³/mol. The van der Waals surface area contributed by atoms with E-state index >= 15 is 0 Å². The Balaban J connectivity index is 1.43. The van der Waals surface area contributed by atoms with Crippen molar-refractivity contribution in [1.82, 2.24) is 10.2 Å². The monoisotopic (exact) mass is 440 g/mol. The van der Waals surface area contributed by atoms with Crippen LogP contribution in [0.4, 0.5) is 0 Å². The van der Waals surface area contributed by atoms with Crippen LogP contribution in [0.3, 0.4) is 0 Å². The minimum absolute atomic E-state index is 0.373. The first kappa shape index (κ1) is 18.4. The maximum Gasteiger partial charge on any atom is 0.336 e. The van der Waals surface area contributed by atoms with Gasteiger partial charge in [0, 0.05) is 27.3 Å². The van der Waals surface area contributed by atoms with E-state index in [4.69, 9.17) is 20.4 Å². The number of thiophene rings is 1. The standard InChI is InChI=1S/C21H13ClN2O3S2/c1-11-6-7-13-12(9-17(25)26-15(13)8-11)10-28-21-24-23-20(27-21)19-18(22)14-4-2-3-5-16(14)29-19/h2-9H,10H2,1H3. The van der Waals surface area contributed by atoms with Crippen LogP contribution in [0.2, 0.25) is 5.02 Å². The molecular weight excluding hydrogens is 428 g/mol. The molecule has 0 saturated heterocycles. The fourth-order valence-corrected chi connectivity index (χ4v) is 5.30. The van der Waals surface area contributed by atoms with Gasteiger partial charge >= 0.3 is 5.63 Å². The van der Waals surface area contributed by atoms with Gasteiger partial charge in [-0.2, -0.15) is 0 Å². The molecule has 0 aliphatic heterocycles. The van der Waals surface area contributed by atoms with Crippen LogP contribution in [0.25, 0.3) is 31.8 Å². The lowest BCUT2D eigenvalue weighted by molar-refractivity contribution is 0.466. The molecule has 0 radical (unpaired) electrons. The average Bonchev–Trinajstić information content (AvgIpc) is 3.30. The van der Waals surface area contributed by atoms with E-state index in [1.807, 2.05) is 49.4 Å². The molecule has 0 atom stereocenters. The molecule has 0 bridgehead atoms. The van der Waals surface area contributed by atoms with Gasteiger partial charge in [-0.1, -0.05) is 53.7 Å². The summed E-state index contributed by atoms with van der Waals surface area (Å²) in [5.74, 6) is 0.902. The molecule has 5 rings (SSSR count). The van der Waals surface area contributed by atoms with Gasteiger partial charge in [0.05, 0.1) is 5.02 Å². The third kappa shape index (κ3) is 3.46. The lowest BCUT2D eigenvalue weighted by atomic mass is 10.1. The Morgan fingerprint density at radius 2 is 1.93 bits per heavy atom. The zero-order valence-electron chi connectivity index (χ0n) is 15.1. The summed E-state index contributed by atoms with van der Waals surface area (Å²) in [6.07, 6.45) is 0. The Kier molecular flexibility index (Phi) is 4.66. The number of hydrogen-bond acceptors (Lipinski definition) is 7. The van der Waals surface area contributed by atoms with Crippen LogP contribution in [0.15, 0.2) is 67.4 Å². The minimum Gasteiger partial charge on any atom is -0.423 e. The molecule has 0 aliphatic rings. The minimum atomic E-state index is -0.373. The molecule has 2 aromatic carbocycles. The van der Waals surface area contributed by atoms with Gasteiger partial charge in [0.1, 0.15) is 10.5 Å². The van der Waals surface area contributed by atoms with Gasteiger partial charge < -0.3 is 8.83 Å². The van der Waals surface area contributed by atoms with Crippen molar-refractivity contribution in [3.63, 3.8) is 0 Å². The Bertz CT molecular complexity index is 1420. The van der Waals surface area contributed by atoms with Gasteiger partial charge in [-0.3, -0.25) is 0 Å². The summed E-state index contributed by atoms with van der Waals surface area (Å²) in [6.45, 7) is 1.96. The van der Waals surface area contributed by atoms with E-state index in [2.05, 4.69) is 10.2 Å². The first-order chi connectivity index (χ1) is 14.1. The van der Waals surface area contributed by atoms with Crippen molar-refractivity contribution < 1.29 is 8.83 Å². The Hall–Kier alpha value is -2.61. The molecule has 5 nitrogen and oxygen atoms in total. The zero-order valence-corrected chi connectivity index (χ0v) is 17.5. The summed E-state index contributed by atoms with van der Waals surface area (Å²) < 4.78 is 12.2. The number of rotatable bonds is 4. The van der Waals surface area contributed by atoms with E-state index in [0.29, 0.717) is 27.5 Å². The highest BCUT2D eigenvalue weighted by Gasteiger charge is 2.18. The number of fused-ring (bicyclic) bond motifs is 2. The normalized spacial score (nSPS) is 11.5. The van der Waals surface area contributed by atoms with Gasteiger partial charge in [-0.05, 0) is 30.2 Å². The van der Waals surface area contributed by atoms with Crippen molar-refractivity contribution in [3.05, 3.63) is 75.1 Å². The fraction of sp³-hybridized carbons (Fsp3) is 0.0952. The van der Waals surface area contributed by atoms with E-state index < -0.39 is 0 Å². The molecule has 0 fully saturated rings. The zero-order chi connectivity index (χ0) is 20.0. The van der Waals surface area contributed by atoms with Crippen molar-refractivity contribution in [2.24, 2.45) is 0 Å². The Labute approximate surface area is 178 Å². The summed E-state index contributed by atoms with van der Waals surface area (Å²) in [6, 6.07) is 15.2.